The lowest BCUT2D eigenvalue weighted by molar-refractivity contribution is 0.0702. The number of para-hydroxylation sites is 1. The van der Waals surface area contributed by atoms with Gasteiger partial charge in [0.25, 0.3) is 0 Å². The van der Waals surface area contributed by atoms with E-state index < -0.39 is 5.97 Å². The van der Waals surface area contributed by atoms with E-state index in [0.717, 1.165) is 5.39 Å². The zero-order valence-electron chi connectivity index (χ0n) is 17.2. The van der Waals surface area contributed by atoms with Gasteiger partial charge in [0.05, 0.1) is 18.4 Å². The zero-order valence-corrected chi connectivity index (χ0v) is 17.2. The summed E-state index contributed by atoms with van der Waals surface area (Å²) in [7, 11) is 1.53. The highest BCUT2D eigenvalue weighted by molar-refractivity contribution is 6.15. The van der Waals surface area contributed by atoms with Gasteiger partial charge in [-0.3, -0.25) is 9.78 Å². The molecule has 0 N–H and O–H groups in total. The van der Waals surface area contributed by atoms with Crippen LogP contribution in [-0.4, -0.2) is 23.8 Å². The van der Waals surface area contributed by atoms with Gasteiger partial charge in [-0.1, -0.05) is 18.2 Å². The van der Waals surface area contributed by atoms with Gasteiger partial charge in [0.2, 0.25) is 11.5 Å². The number of furan rings is 1. The Balaban J connectivity index is 1.43. The molecule has 0 amide bonds. The second-order valence-corrected chi connectivity index (χ2v) is 7.14. The first-order valence-corrected chi connectivity index (χ1v) is 9.83. The first-order valence-electron chi connectivity index (χ1n) is 9.83. The summed E-state index contributed by atoms with van der Waals surface area (Å²) in [5.41, 5.74) is 2.00. The molecule has 7 heteroatoms. The topological polar surface area (TPSA) is 87.9 Å². The van der Waals surface area contributed by atoms with Crippen molar-refractivity contribution in [2.45, 2.75) is 6.92 Å². The van der Waals surface area contributed by atoms with Crippen molar-refractivity contribution in [1.82, 2.24) is 4.98 Å². The number of esters is 1. The number of ketones is 1. The zero-order chi connectivity index (χ0) is 22.2. The molecule has 5 rings (SSSR count). The monoisotopic (exact) mass is 427 g/mol. The second-order valence-electron chi connectivity index (χ2n) is 7.14. The summed E-state index contributed by atoms with van der Waals surface area (Å²) < 4.78 is 22.3. The highest BCUT2D eigenvalue weighted by Gasteiger charge is 2.31. The van der Waals surface area contributed by atoms with Gasteiger partial charge in [0.15, 0.2) is 17.1 Å². The van der Waals surface area contributed by atoms with E-state index in [0.29, 0.717) is 33.9 Å². The first-order chi connectivity index (χ1) is 15.5. The number of aromatic nitrogens is 1. The Labute approximate surface area is 182 Å². The van der Waals surface area contributed by atoms with Crippen LogP contribution in [0.5, 0.6) is 17.2 Å². The number of Topliss-reactive ketones (excluding diaryl/α,β-unsaturated/α-hetero) is 1. The summed E-state index contributed by atoms with van der Waals surface area (Å²) in [6.45, 7) is 1.72. The minimum atomic E-state index is -0.667. The molecular weight excluding hydrogens is 410 g/mol. The summed E-state index contributed by atoms with van der Waals surface area (Å²) in [5.74, 6) is 0.430. The maximum Gasteiger partial charge on any atom is 0.379 e. The molecule has 0 unspecified atom stereocenters. The van der Waals surface area contributed by atoms with Crippen LogP contribution in [0.1, 0.15) is 32.2 Å². The number of carbonyl (C=O) groups excluding carboxylic acids is 2. The predicted octanol–water partition coefficient (Wildman–Crippen LogP) is 4.98. The van der Waals surface area contributed by atoms with Crippen LogP contribution < -0.4 is 14.2 Å². The number of allylic oxidation sites excluding steroid dienone is 1. The molecule has 0 aliphatic carbocycles. The van der Waals surface area contributed by atoms with Crippen LogP contribution >= 0.6 is 0 Å². The fourth-order valence-electron chi connectivity index (χ4n) is 3.52. The lowest BCUT2D eigenvalue weighted by Crippen LogP contribution is -2.08. The van der Waals surface area contributed by atoms with E-state index in [4.69, 9.17) is 18.6 Å². The number of ether oxygens (including phenoxy) is 3. The quantitative estimate of drug-likeness (QED) is 0.258. The molecule has 7 nitrogen and oxygen atoms in total. The molecule has 0 spiro atoms. The van der Waals surface area contributed by atoms with Gasteiger partial charge in [-0.05, 0) is 43.3 Å². The molecule has 1 aliphatic rings. The van der Waals surface area contributed by atoms with Gasteiger partial charge in [-0.25, -0.2) is 4.79 Å². The number of nitrogens with zero attached hydrogens (tertiary/aromatic N) is 1. The van der Waals surface area contributed by atoms with Crippen molar-refractivity contribution >= 4 is 28.8 Å². The molecule has 1 aliphatic heterocycles. The minimum absolute atomic E-state index is 0.0390. The van der Waals surface area contributed by atoms with Crippen LogP contribution in [0.3, 0.4) is 0 Å². The second kappa shape index (κ2) is 7.70. The fourth-order valence-corrected chi connectivity index (χ4v) is 3.52. The van der Waals surface area contributed by atoms with E-state index in [9.17, 15) is 9.59 Å². The number of methoxy groups -OCH3 is 1. The maximum absolute atomic E-state index is 12.7. The molecule has 2 aromatic carbocycles. The van der Waals surface area contributed by atoms with Crippen molar-refractivity contribution < 1.29 is 28.2 Å². The number of pyridine rings is 1. The smallest absolute Gasteiger partial charge is 0.379 e. The third-order valence-electron chi connectivity index (χ3n) is 5.14. The van der Waals surface area contributed by atoms with Crippen LogP contribution in [0, 0.1) is 6.92 Å². The Bertz CT molecular complexity index is 1400. The van der Waals surface area contributed by atoms with E-state index >= 15 is 0 Å². The third-order valence-corrected chi connectivity index (χ3v) is 5.14. The molecule has 0 saturated heterocycles. The van der Waals surface area contributed by atoms with Gasteiger partial charge in [-0.2, -0.15) is 0 Å². The maximum atomic E-state index is 12.7. The van der Waals surface area contributed by atoms with Gasteiger partial charge in [-0.15, -0.1) is 0 Å². The summed E-state index contributed by atoms with van der Waals surface area (Å²) in [5, 5.41) is 0.722. The standard InChI is InChI=1S/C25H17NO6/c1-14-18(32-25(28)21-12-15-6-5-8-19(29-2)24(15)31-21)10-9-17-22(27)20(30-23(14)17)13-16-7-3-4-11-26-16/h3-13H,1-2H3/b20-13-. The van der Waals surface area contributed by atoms with Crippen LogP contribution in [-0.2, 0) is 0 Å². The Kier molecular flexibility index (Phi) is 4.71. The van der Waals surface area contributed by atoms with Crippen LogP contribution in [0.4, 0.5) is 0 Å². The van der Waals surface area contributed by atoms with Crippen molar-refractivity contribution in [1.29, 1.82) is 0 Å². The molecule has 0 bridgehead atoms. The van der Waals surface area contributed by atoms with Crippen molar-refractivity contribution in [3.05, 3.63) is 89.1 Å². The van der Waals surface area contributed by atoms with Gasteiger partial charge in [0, 0.05) is 23.2 Å². The predicted molar refractivity (Wildman–Crippen MR) is 116 cm³/mol. The van der Waals surface area contributed by atoms with Gasteiger partial charge < -0.3 is 18.6 Å². The normalized spacial score (nSPS) is 13.8. The lowest BCUT2D eigenvalue weighted by atomic mass is 10.1. The Hall–Kier alpha value is -4.39. The summed E-state index contributed by atoms with van der Waals surface area (Å²) in [6, 6.07) is 15.5. The Morgan fingerprint density at radius 2 is 1.94 bits per heavy atom. The van der Waals surface area contributed by atoms with Crippen LogP contribution in [0.2, 0.25) is 0 Å². The molecule has 0 fully saturated rings. The molecule has 158 valence electrons. The van der Waals surface area contributed by atoms with Crippen molar-refractivity contribution in [3.63, 3.8) is 0 Å². The Morgan fingerprint density at radius 3 is 2.72 bits per heavy atom. The number of benzene rings is 2. The Morgan fingerprint density at radius 1 is 1.06 bits per heavy atom. The molecule has 2 aromatic heterocycles. The molecular formula is C25H17NO6. The molecule has 4 aromatic rings. The highest BCUT2D eigenvalue weighted by atomic mass is 16.6. The van der Waals surface area contributed by atoms with E-state index in [1.807, 2.05) is 12.1 Å². The fraction of sp³-hybridized carbons (Fsp3) is 0.0800. The SMILES string of the molecule is COc1cccc2cc(C(=O)Oc3ccc4c(c3C)O/C(=C\c3ccccn3)C4=O)oc12. The average Bonchev–Trinajstić information content (AvgIpc) is 3.38. The third kappa shape index (κ3) is 3.30. The van der Waals surface area contributed by atoms with Crippen LogP contribution in [0.25, 0.3) is 17.0 Å². The van der Waals surface area contributed by atoms with E-state index in [1.165, 1.54) is 7.11 Å². The minimum Gasteiger partial charge on any atom is -0.493 e. The molecule has 0 saturated carbocycles. The number of hydrogen-bond acceptors (Lipinski definition) is 7. The molecule has 0 atom stereocenters. The van der Waals surface area contributed by atoms with Gasteiger partial charge >= 0.3 is 5.97 Å². The number of fused-ring (bicyclic) bond motifs is 2. The number of rotatable bonds is 4. The lowest BCUT2D eigenvalue weighted by Gasteiger charge is -2.09. The number of hydrogen-bond donors (Lipinski definition) is 0. The molecule has 32 heavy (non-hydrogen) atoms. The van der Waals surface area contributed by atoms with Crippen LogP contribution in [0.15, 0.2) is 71.0 Å². The van der Waals surface area contributed by atoms with Crippen molar-refractivity contribution in [2.24, 2.45) is 0 Å². The number of carbonyl (C=O) groups is 2. The summed E-state index contributed by atoms with van der Waals surface area (Å²) in [4.78, 5) is 29.6. The van der Waals surface area contributed by atoms with E-state index in [2.05, 4.69) is 4.98 Å². The van der Waals surface area contributed by atoms with Crippen molar-refractivity contribution in [2.75, 3.05) is 7.11 Å². The van der Waals surface area contributed by atoms with E-state index in [-0.39, 0.29) is 23.1 Å². The summed E-state index contributed by atoms with van der Waals surface area (Å²) >= 11 is 0. The molecule has 3 heterocycles. The highest BCUT2D eigenvalue weighted by Crippen LogP contribution is 2.39. The average molecular weight is 427 g/mol. The first kappa shape index (κ1) is 19.6. The van der Waals surface area contributed by atoms with Crippen molar-refractivity contribution in [3.8, 4) is 17.2 Å². The van der Waals surface area contributed by atoms with E-state index in [1.54, 1.807) is 61.7 Å². The molecule has 0 radical (unpaired) electrons. The summed E-state index contributed by atoms with van der Waals surface area (Å²) in [6.07, 6.45) is 3.21. The largest absolute Gasteiger partial charge is 0.493 e. The van der Waals surface area contributed by atoms with Gasteiger partial charge in [0.1, 0.15) is 11.5 Å².